The molecule has 19 heavy (non-hydrogen) atoms. The highest BCUT2D eigenvalue weighted by Gasteiger charge is 2.08. The Bertz CT molecular complexity index is 551. The summed E-state index contributed by atoms with van der Waals surface area (Å²) in [5.41, 5.74) is 4.64. The van der Waals surface area contributed by atoms with Crippen molar-refractivity contribution in [2.24, 2.45) is 0 Å². The van der Waals surface area contributed by atoms with E-state index >= 15 is 0 Å². The molecular weight excluding hydrogens is 302 g/mol. The molecule has 0 aliphatic heterocycles. The molecule has 2 aromatic rings. The maximum absolute atomic E-state index is 10.1. The summed E-state index contributed by atoms with van der Waals surface area (Å²) >= 11 is 3.36. The van der Waals surface area contributed by atoms with Gasteiger partial charge < -0.3 is 5.11 Å². The summed E-state index contributed by atoms with van der Waals surface area (Å²) in [4.78, 5) is 4.28. The van der Waals surface area contributed by atoms with Crippen molar-refractivity contribution in [3.05, 3.63) is 63.4 Å². The lowest BCUT2D eigenvalue weighted by Crippen LogP contribution is -2.14. The minimum absolute atomic E-state index is 0.393. The molecule has 0 spiro atoms. The number of rotatable bonds is 4. The van der Waals surface area contributed by atoms with Gasteiger partial charge in [-0.15, -0.1) is 0 Å². The van der Waals surface area contributed by atoms with Crippen LogP contribution in [0.5, 0.6) is 0 Å². The molecule has 3 heteroatoms. The van der Waals surface area contributed by atoms with Gasteiger partial charge in [0.25, 0.3) is 0 Å². The molecule has 100 valence electrons. The first-order valence-corrected chi connectivity index (χ1v) is 7.18. The lowest BCUT2D eigenvalue weighted by atomic mass is 10.00. The fourth-order valence-electron chi connectivity index (χ4n) is 2.04. The molecule has 0 radical (unpaired) electrons. The zero-order valence-corrected chi connectivity index (χ0v) is 12.8. The Balaban J connectivity index is 1.98. The SMILES string of the molecule is Cc1ccc(CC(O)Cc2ccc(Br)cn2)cc1C. The predicted molar refractivity (Wildman–Crippen MR) is 81.3 cm³/mol. The molecule has 1 N–H and O–H groups in total. The van der Waals surface area contributed by atoms with E-state index in [9.17, 15) is 5.11 Å². The lowest BCUT2D eigenvalue weighted by molar-refractivity contribution is 0.174. The molecule has 2 nitrogen and oxygen atoms in total. The largest absolute Gasteiger partial charge is 0.392 e. The van der Waals surface area contributed by atoms with Crippen LogP contribution in [-0.4, -0.2) is 16.2 Å². The molecule has 0 saturated carbocycles. The Labute approximate surface area is 122 Å². The molecule has 0 aliphatic carbocycles. The molecule has 0 amide bonds. The van der Waals surface area contributed by atoms with Crippen molar-refractivity contribution < 1.29 is 5.11 Å². The number of hydrogen-bond donors (Lipinski definition) is 1. The maximum Gasteiger partial charge on any atom is 0.0635 e. The number of aromatic nitrogens is 1. The molecule has 2 rings (SSSR count). The zero-order chi connectivity index (χ0) is 13.8. The normalized spacial score (nSPS) is 12.4. The summed E-state index contributed by atoms with van der Waals surface area (Å²) in [5, 5.41) is 10.1. The number of aryl methyl sites for hydroxylation is 2. The van der Waals surface area contributed by atoms with Crippen molar-refractivity contribution in [1.29, 1.82) is 0 Å². The molecule has 1 aromatic heterocycles. The van der Waals surface area contributed by atoms with E-state index in [0.29, 0.717) is 12.8 Å². The summed E-state index contributed by atoms with van der Waals surface area (Å²) in [6, 6.07) is 10.2. The second-order valence-corrected chi connectivity index (χ2v) is 5.86. The average molecular weight is 320 g/mol. The Kier molecular flexibility index (Phi) is 4.72. The van der Waals surface area contributed by atoms with Gasteiger partial charge in [-0.3, -0.25) is 4.98 Å². The molecule has 0 bridgehead atoms. The topological polar surface area (TPSA) is 33.1 Å². The van der Waals surface area contributed by atoms with Crippen molar-refractivity contribution in [2.75, 3.05) is 0 Å². The molecule has 1 heterocycles. The number of pyridine rings is 1. The van der Waals surface area contributed by atoms with Gasteiger partial charge in [0.1, 0.15) is 0 Å². The molecule has 1 unspecified atom stereocenters. The lowest BCUT2D eigenvalue weighted by Gasteiger charge is -2.11. The van der Waals surface area contributed by atoms with Gasteiger partial charge in [0.05, 0.1) is 6.10 Å². The van der Waals surface area contributed by atoms with Crippen molar-refractivity contribution in [3.8, 4) is 0 Å². The number of nitrogens with zero attached hydrogens (tertiary/aromatic N) is 1. The van der Waals surface area contributed by atoms with E-state index in [1.165, 1.54) is 16.7 Å². The number of benzene rings is 1. The van der Waals surface area contributed by atoms with E-state index in [0.717, 1.165) is 10.2 Å². The monoisotopic (exact) mass is 319 g/mol. The smallest absolute Gasteiger partial charge is 0.0635 e. The van der Waals surface area contributed by atoms with Crippen LogP contribution in [0.1, 0.15) is 22.4 Å². The van der Waals surface area contributed by atoms with Crippen LogP contribution in [0.4, 0.5) is 0 Å². The van der Waals surface area contributed by atoms with E-state index < -0.39 is 6.10 Å². The first kappa shape index (κ1) is 14.2. The second-order valence-electron chi connectivity index (χ2n) is 4.95. The Morgan fingerprint density at radius 3 is 2.53 bits per heavy atom. The third-order valence-electron chi connectivity index (χ3n) is 3.28. The quantitative estimate of drug-likeness (QED) is 0.933. The summed E-state index contributed by atoms with van der Waals surface area (Å²) in [6.07, 6.45) is 2.62. The van der Waals surface area contributed by atoms with Crippen LogP contribution in [-0.2, 0) is 12.8 Å². The van der Waals surface area contributed by atoms with Crippen LogP contribution in [0.15, 0.2) is 41.0 Å². The first-order valence-electron chi connectivity index (χ1n) is 6.39. The van der Waals surface area contributed by atoms with Crippen LogP contribution in [0.2, 0.25) is 0 Å². The van der Waals surface area contributed by atoms with Crippen LogP contribution < -0.4 is 0 Å². The van der Waals surface area contributed by atoms with Crippen LogP contribution in [0.25, 0.3) is 0 Å². The van der Waals surface area contributed by atoms with Crippen molar-refractivity contribution in [2.45, 2.75) is 32.8 Å². The van der Waals surface area contributed by atoms with Gasteiger partial charge in [-0.1, -0.05) is 18.2 Å². The highest BCUT2D eigenvalue weighted by atomic mass is 79.9. The number of halogens is 1. The molecular formula is C16H18BrNO. The third kappa shape index (κ3) is 4.15. The van der Waals surface area contributed by atoms with Crippen LogP contribution in [0, 0.1) is 13.8 Å². The summed E-state index contributed by atoms with van der Waals surface area (Å²) in [5.74, 6) is 0. The van der Waals surface area contributed by atoms with Gasteiger partial charge >= 0.3 is 0 Å². The van der Waals surface area contributed by atoms with Crippen LogP contribution >= 0.6 is 15.9 Å². The fourth-order valence-corrected chi connectivity index (χ4v) is 2.28. The highest BCUT2D eigenvalue weighted by Crippen LogP contribution is 2.14. The van der Waals surface area contributed by atoms with Crippen molar-refractivity contribution in [3.63, 3.8) is 0 Å². The van der Waals surface area contributed by atoms with Crippen LogP contribution in [0.3, 0.4) is 0 Å². The zero-order valence-electron chi connectivity index (χ0n) is 11.2. The number of aliphatic hydroxyl groups excluding tert-OH is 1. The van der Waals surface area contributed by atoms with Gasteiger partial charge in [0, 0.05) is 22.8 Å². The molecule has 1 aromatic carbocycles. The van der Waals surface area contributed by atoms with Gasteiger partial charge in [-0.05, 0) is 65.0 Å². The minimum atomic E-state index is -0.393. The minimum Gasteiger partial charge on any atom is -0.392 e. The fraction of sp³-hybridized carbons (Fsp3) is 0.312. The van der Waals surface area contributed by atoms with Gasteiger partial charge in [-0.2, -0.15) is 0 Å². The Morgan fingerprint density at radius 1 is 1.11 bits per heavy atom. The Morgan fingerprint density at radius 2 is 1.89 bits per heavy atom. The van der Waals surface area contributed by atoms with Gasteiger partial charge in [0.2, 0.25) is 0 Å². The summed E-state index contributed by atoms with van der Waals surface area (Å²) in [7, 11) is 0. The first-order chi connectivity index (χ1) is 9.04. The predicted octanol–water partition coefficient (Wildman–Crippen LogP) is 3.61. The van der Waals surface area contributed by atoms with E-state index in [1.807, 2.05) is 12.1 Å². The molecule has 0 fully saturated rings. The van der Waals surface area contributed by atoms with E-state index in [1.54, 1.807) is 6.20 Å². The highest BCUT2D eigenvalue weighted by molar-refractivity contribution is 9.10. The third-order valence-corrected chi connectivity index (χ3v) is 3.75. The number of aliphatic hydroxyl groups is 1. The molecule has 0 saturated heterocycles. The maximum atomic E-state index is 10.1. The average Bonchev–Trinajstić information content (AvgIpc) is 2.37. The van der Waals surface area contributed by atoms with E-state index in [-0.39, 0.29) is 0 Å². The van der Waals surface area contributed by atoms with E-state index in [4.69, 9.17) is 0 Å². The Hall–Kier alpha value is -1.19. The molecule has 0 aliphatic rings. The second kappa shape index (κ2) is 6.31. The summed E-state index contributed by atoms with van der Waals surface area (Å²) < 4.78 is 0.958. The van der Waals surface area contributed by atoms with E-state index in [2.05, 4.69) is 53.0 Å². The number of hydrogen-bond acceptors (Lipinski definition) is 2. The van der Waals surface area contributed by atoms with Gasteiger partial charge in [-0.25, -0.2) is 0 Å². The van der Waals surface area contributed by atoms with Gasteiger partial charge in [0.15, 0.2) is 0 Å². The van der Waals surface area contributed by atoms with Crippen molar-refractivity contribution in [1.82, 2.24) is 4.98 Å². The van der Waals surface area contributed by atoms with Crippen molar-refractivity contribution >= 4 is 15.9 Å². The standard InChI is InChI=1S/C16H18BrNO/c1-11-3-4-13(7-12(11)2)8-16(19)9-15-6-5-14(17)10-18-15/h3-7,10,16,19H,8-9H2,1-2H3. The summed E-state index contributed by atoms with van der Waals surface area (Å²) in [6.45, 7) is 4.20. The molecule has 1 atom stereocenters.